The molecule has 1 aromatic heterocycles. The largest absolute Gasteiger partial charge is 0.404 e. The van der Waals surface area contributed by atoms with Crippen LogP contribution in [0.1, 0.15) is 25.1 Å². The number of rotatable bonds is 8. The number of alkyl halides is 3. The number of anilines is 2. The Bertz CT molecular complexity index is 1110. The standard InChI is InChI=1S/C18H20F3N7O2S/c1-4-28(5-2)13-6-7-15(16(8-13)27-31(29,30)10-18(19,20)21)25-26-17-14(9-22)12(3)23-11-24-17/h6-8,11,27H,4-5,10H2,1-3H3. The third kappa shape index (κ3) is 6.61. The number of aryl methyl sites for hydroxylation is 1. The smallest absolute Gasteiger partial charge is 0.372 e. The number of nitriles is 1. The van der Waals surface area contributed by atoms with Gasteiger partial charge >= 0.3 is 6.18 Å². The predicted molar refractivity (Wildman–Crippen MR) is 109 cm³/mol. The maximum absolute atomic E-state index is 12.6. The van der Waals surface area contributed by atoms with Crippen molar-refractivity contribution < 1.29 is 21.6 Å². The van der Waals surface area contributed by atoms with Gasteiger partial charge < -0.3 is 4.90 Å². The van der Waals surface area contributed by atoms with E-state index in [1.54, 1.807) is 13.0 Å². The van der Waals surface area contributed by atoms with Crippen molar-refractivity contribution >= 4 is 32.9 Å². The number of benzene rings is 1. The molecule has 166 valence electrons. The minimum Gasteiger partial charge on any atom is -0.372 e. The summed E-state index contributed by atoms with van der Waals surface area (Å²) in [5.74, 6) is -2.10. The molecule has 0 atom stereocenters. The molecule has 0 bridgehead atoms. The van der Waals surface area contributed by atoms with Crippen molar-refractivity contribution in [2.24, 2.45) is 10.2 Å². The van der Waals surface area contributed by atoms with Gasteiger partial charge in [0, 0.05) is 18.8 Å². The first-order chi connectivity index (χ1) is 14.5. The molecular weight excluding hydrogens is 435 g/mol. The maximum atomic E-state index is 12.6. The Morgan fingerprint density at radius 3 is 2.45 bits per heavy atom. The second kappa shape index (κ2) is 9.69. The summed E-state index contributed by atoms with van der Waals surface area (Å²) >= 11 is 0. The van der Waals surface area contributed by atoms with Gasteiger partial charge in [-0.15, -0.1) is 10.2 Å². The van der Waals surface area contributed by atoms with Crippen LogP contribution in [0.2, 0.25) is 0 Å². The summed E-state index contributed by atoms with van der Waals surface area (Å²) in [7, 11) is -4.75. The van der Waals surface area contributed by atoms with E-state index in [1.165, 1.54) is 18.5 Å². The van der Waals surface area contributed by atoms with Crippen LogP contribution in [0.25, 0.3) is 0 Å². The SMILES string of the molecule is CCN(CC)c1ccc(N=Nc2ncnc(C)c2C#N)c(NS(=O)(=O)CC(F)(F)F)c1. The number of nitrogens with one attached hydrogen (secondary N) is 1. The molecule has 0 aliphatic heterocycles. The molecule has 0 amide bonds. The summed E-state index contributed by atoms with van der Waals surface area (Å²) in [5, 5.41) is 17.0. The predicted octanol–water partition coefficient (Wildman–Crippen LogP) is 4.22. The highest BCUT2D eigenvalue weighted by Gasteiger charge is 2.35. The van der Waals surface area contributed by atoms with Gasteiger partial charge in [-0.3, -0.25) is 4.72 Å². The lowest BCUT2D eigenvalue weighted by molar-refractivity contribution is -0.106. The summed E-state index contributed by atoms with van der Waals surface area (Å²) in [6.45, 7) is 6.53. The van der Waals surface area contributed by atoms with E-state index in [-0.39, 0.29) is 22.8 Å². The van der Waals surface area contributed by atoms with E-state index in [1.807, 2.05) is 29.5 Å². The molecule has 2 aromatic rings. The lowest BCUT2D eigenvalue weighted by Gasteiger charge is -2.22. The Balaban J connectivity index is 2.52. The van der Waals surface area contributed by atoms with Crippen LogP contribution in [0.15, 0.2) is 34.8 Å². The highest BCUT2D eigenvalue weighted by atomic mass is 32.2. The van der Waals surface area contributed by atoms with E-state index in [0.717, 1.165) is 0 Å². The molecule has 0 fully saturated rings. The molecule has 0 radical (unpaired) electrons. The number of halogens is 3. The van der Waals surface area contributed by atoms with Crippen LogP contribution >= 0.6 is 0 Å². The molecule has 1 heterocycles. The molecule has 2 rings (SSSR count). The second-order valence-electron chi connectivity index (χ2n) is 6.32. The fraction of sp³-hybridized carbons (Fsp3) is 0.389. The number of hydrogen-bond donors (Lipinski definition) is 1. The van der Waals surface area contributed by atoms with Gasteiger partial charge in [-0.2, -0.15) is 18.4 Å². The summed E-state index contributed by atoms with van der Waals surface area (Å²) < 4.78 is 63.9. The van der Waals surface area contributed by atoms with Crippen molar-refractivity contribution in [3.8, 4) is 6.07 Å². The van der Waals surface area contributed by atoms with Crippen LogP contribution in [0.4, 0.5) is 36.1 Å². The van der Waals surface area contributed by atoms with Gasteiger partial charge in [0.15, 0.2) is 11.6 Å². The molecular formula is C18H20F3N7O2S. The summed E-state index contributed by atoms with van der Waals surface area (Å²) in [6, 6.07) is 6.33. The third-order valence-corrected chi connectivity index (χ3v) is 5.35. The lowest BCUT2D eigenvalue weighted by Crippen LogP contribution is -2.28. The molecule has 1 N–H and O–H groups in total. The van der Waals surface area contributed by atoms with Gasteiger partial charge in [0.2, 0.25) is 10.0 Å². The molecule has 0 saturated heterocycles. The first-order valence-electron chi connectivity index (χ1n) is 9.09. The molecule has 1 aromatic carbocycles. The molecule has 0 spiro atoms. The van der Waals surface area contributed by atoms with Crippen LogP contribution in [-0.2, 0) is 10.0 Å². The molecule has 0 unspecified atom stereocenters. The molecule has 9 nitrogen and oxygen atoms in total. The van der Waals surface area contributed by atoms with E-state index in [4.69, 9.17) is 0 Å². The zero-order valence-corrected chi connectivity index (χ0v) is 17.8. The van der Waals surface area contributed by atoms with Crippen molar-refractivity contribution in [2.75, 3.05) is 28.5 Å². The molecule has 31 heavy (non-hydrogen) atoms. The van der Waals surface area contributed by atoms with Crippen LogP contribution < -0.4 is 9.62 Å². The normalized spacial score (nSPS) is 12.0. The Hall–Kier alpha value is -3.27. The fourth-order valence-corrected chi connectivity index (χ4v) is 3.67. The van der Waals surface area contributed by atoms with Crippen molar-refractivity contribution in [2.45, 2.75) is 26.9 Å². The highest BCUT2D eigenvalue weighted by Crippen LogP contribution is 2.33. The van der Waals surface area contributed by atoms with Gasteiger partial charge in [-0.05, 0) is 39.0 Å². The van der Waals surface area contributed by atoms with Crippen molar-refractivity contribution in [3.63, 3.8) is 0 Å². The summed E-state index contributed by atoms with van der Waals surface area (Å²) in [5.41, 5.74) is 0.812. The average Bonchev–Trinajstić information content (AvgIpc) is 2.66. The molecule has 0 saturated carbocycles. The Morgan fingerprint density at radius 2 is 1.87 bits per heavy atom. The van der Waals surface area contributed by atoms with Crippen LogP contribution in [0, 0.1) is 18.3 Å². The molecule has 13 heteroatoms. The van der Waals surface area contributed by atoms with E-state index in [9.17, 15) is 26.9 Å². The van der Waals surface area contributed by atoms with Gasteiger partial charge in [0.1, 0.15) is 23.6 Å². The van der Waals surface area contributed by atoms with Crippen LogP contribution in [0.5, 0.6) is 0 Å². The first kappa shape index (κ1) is 24.0. The zero-order valence-electron chi connectivity index (χ0n) is 17.0. The Kier molecular flexibility index (Phi) is 7.50. The topological polar surface area (TPSA) is 124 Å². The fourth-order valence-electron chi connectivity index (χ4n) is 2.67. The summed E-state index contributed by atoms with van der Waals surface area (Å²) in [6.07, 6.45) is -3.73. The zero-order chi connectivity index (χ0) is 23.2. The second-order valence-corrected chi connectivity index (χ2v) is 8.04. The number of sulfonamides is 1. The average molecular weight is 455 g/mol. The van der Waals surface area contributed by atoms with E-state index < -0.39 is 22.0 Å². The van der Waals surface area contributed by atoms with E-state index in [0.29, 0.717) is 24.5 Å². The van der Waals surface area contributed by atoms with Crippen LogP contribution in [-0.4, -0.2) is 43.4 Å². The van der Waals surface area contributed by atoms with Gasteiger partial charge in [0.25, 0.3) is 0 Å². The monoisotopic (exact) mass is 455 g/mol. The lowest BCUT2D eigenvalue weighted by atomic mass is 10.2. The molecule has 0 aliphatic rings. The number of azo groups is 1. The van der Waals surface area contributed by atoms with Crippen molar-refractivity contribution in [1.29, 1.82) is 5.26 Å². The van der Waals surface area contributed by atoms with Crippen molar-refractivity contribution in [1.82, 2.24) is 9.97 Å². The summed E-state index contributed by atoms with van der Waals surface area (Å²) in [4.78, 5) is 9.62. The molecule has 0 aliphatic carbocycles. The Morgan fingerprint density at radius 1 is 1.19 bits per heavy atom. The minimum absolute atomic E-state index is 0.0400. The third-order valence-electron chi connectivity index (χ3n) is 4.11. The maximum Gasteiger partial charge on any atom is 0.404 e. The van der Waals surface area contributed by atoms with E-state index >= 15 is 0 Å². The highest BCUT2D eigenvalue weighted by molar-refractivity contribution is 7.92. The quantitative estimate of drug-likeness (QED) is 0.594. The van der Waals surface area contributed by atoms with Gasteiger partial charge in [0.05, 0.1) is 11.4 Å². The van der Waals surface area contributed by atoms with E-state index in [2.05, 4.69) is 20.2 Å². The van der Waals surface area contributed by atoms with Gasteiger partial charge in [-0.25, -0.2) is 18.4 Å². The number of hydrogen-bond acceptors (Lipinski definition) is 8. The van der Waals surface area contributed by atoms with Crippen molar-refractivity contribution in [3.05, 3.63) is 35.8 Å². The number of nitrogens with zero attached hydrogens (tertiary/aromatic N) is 6. The number of aromatic nitrogens is 2. The minimum atomic E-state index is -4.91. The first-order valence-corrected chi connectivity index (χ1v) is 10.7. The Labute approximate surface area is 177 Å². The van der Waals surface area contributed by atoms with Gasteiger partial charge in [-0.1, -0.05) is 0 Å². The van der Waals surface area contributed by atoms with Crippen LogP contribution in [0.3, 0.4) is 0 Å².